The summed E-state index contributed by atoms with van der Waals surface area (Å²) >= 11 is 5.69. The molecule has 3 aromatic rings. The molecule has 0 aliphatic carbocycles. The number of rotatable bonds is 3. The van der Waals surface area contributed by atoms with Crippen LogP contribution in [0.4, 0.5) is 5.69 Å². The second-order valence-corrected chi connectivity index (χ2v) is 6.91. The molecule has 1 aliphatic rings. The number of amides is 1. The molecule has 9 nitrogen and oxygen atoms in total. The summed E-state index contributed by atoms with van der Waals surface area (Å²) in [5, 5.41) is 16.2. The van der Waals surface area contributed by atoms with Crippen LogP contribution in [0.3, 0.4) is 0 Å². The van der Waals surface area contributed by atoms with Crippen molar-refractivity contribution in [1.82, 2.24) is 18.9 Å². The van der Waals surface area contributed by atoms with E-state index in [1.807, 2.05) is 17.7 Å². The fraction of sp³-hybridized carbons (Fsp3) is 0.167. The average Bonchev–Trinajstić information content (AvgIpc) is 3.30. The molecule has 3 heterocycles. The van der Waals surface area contributed by atoms with Crippen molar-refractivity contribution in [2.45, 2.75) is 19.0 Å². The predicted molar refractivity (Wildman–Crippen MR) is 103 cm³/mol. The number of amidine groups is 1. The number of nitriles is 1. The standard InChI is InChI=1S/C18H15ClN8O/c1-18(10-26-7-5-22-16(26)15(21)24-18)13-8-12(3-2-11(13)9-20)23-17(28)14-4-6-27(19)25-14/h2-8H,10H2,1H3,(H2,21,24)(H,23,28). The summed E-state index contributed by atoms with van der Waals surface area (Å²) in [7, 11) is 0. The van der Waals surface area contributed by atoms with Gasteiger partial charge in [-0.05, 0) is 31.2 Å². The van der Waals surface area contributed by atoms with E-state index in [0.717, 1.165) is 4.20 Å². The largest absolute Gasteiger partial charge is 0.381 e. The molecule has 0 fully saturated rings. The number of nitrogens with zero attached hydrogens (tertiary/aromatic N) is 6. The van der Waals surface area contributed by atoms with Crippen LogP contribution < -0.4 is 11.1 Å². The number of aliphatic imine (C=N–C) groups is 1. The number of anilines is 1. The van der Waals surface area contributed by atoms with Gasteiger partial charge in [-0.25, -0.2) is 4.98 Å². The maximum Gasteiger partial charge on any atom is 0.276 e. The number of nitrogens with two attached hydrogens (primary N) is 1. The Kier molecular flexibility index (Phi) is 4.13. The first kappa shape index (κ1) is 17.8. The first-order chi connectivity index (χ1) is 13.4. The summed E-state index contributed by atoms with van der Waals surface area (Å²) in [5.74, 6) is 0.477. The maximum atomic E-state index is 12.4. The van der Waals surface area contributed by atoms with Crippen molar-refractivity contribution >= 4 is 29.2 Å². The van der Waals surface area contributed by atoms with Gasteiger partial charge in [-0.3, -0.25) is 9.79 Å². The highest BCUT2D eigenvalue weighted by Gasteiger charge is 2.34. The zero-order valence-corrected chi connectivity index (χ0v) is 15.6. The van der Waals surface area contributed by atoms with Gasteiger partial charge in [0.25, 0.3) is 5.91 Å². The van der Waals surface area contributed by atoms with Crippen LogP contribution in [-0.2, 0) is 12.1 Å². The molecule has 0 radical (unpaired) electrons. The van der Waals surface area contributed by atoms with Gasteiger partial charge < -0.3 is 15.6 Å². The van der Waals surface area contributed by atoms with Crippen molar-refractivity contribution in [1.29, 1.82) is 5.26 Å². The number of hydrogen-bond donors (Lipinski definition) is 2. The quantitative estimate of drug-likeness (QED) is 0.700. The molecule has 4 rings (SSSR count). The molecule has 1 amide bonds. The molecule has 10 heteroatoms. The first-order valence-corrected chi connectivity index (χ1v) is 8.68. The summed E-state index contributed by atoms with van der Waals surface area (Å²) in [6.07, 6.45) is 4.93. The molecule has 140 valence electrons. The van der Waals surface area contributed by atoms with Crippen LogP contribution in [0.1, 0.15) is 34.4 Å². The van der Waals surface area contributed by atoms with Gasteiger partial charge in [-0.2, -0.15) is 14.6 Å². The average molecular weight is 395 g/mol. The zero-order valence-electron chi connectivity index (χ0n) is 14.8. The number of carbonyl (C=O) groups is 1. The molecular weight excluding hydrogens is 380 g/mol. The van der Waals surface area contributed by atoms with Crippen molar-refractivity contribution in [3.8, 4) is 6.07 Å². The zero-order chi connectivity index (χ0) is 19.9. The van der Waals surface area contributed by atoms with E-state index in [9.17, 15) is 10.1 Å². The van der Waals surface area contributed by atoms with Gasteiger partial charge in [0, 0.05) is 41.6 Å². The van der Waals surface area contributed by atoms with Gasteiger partial charge in [0.2, 0.25) is 0 Å². The topological polar surface area (TPSA) is 127 Å². The molecule has 0 saturated heterocycles. The third kappa shape index (κ3) is 3.00. The van der Waals surface area contributed by atoms with Crippen molar-refractivity contribution in [3.05, 3.63) is 65.5 Å². The third-order valence-corrected chi connectivity index (χ3v) is 4.75. The number of halogens is 1. The van der Waals surface area contributed by atoms with Crippen LogP contribution in [0.15, 0.2) is 47.8 Å². The number of benzene rings is 1. The van der Waals surface area contributed by atoms with E-state index in [4.69, 9.17) is 17.5 Å². The summed E-state index contributed by atoms with van der Waals surface area (Å²) in [6, 6.07) is 8.71. The lowest BCUT2D eigenvalue weighted by molar-refractivity contribution is 0.102. The lowest BCUT2D eigenvalue weighted by atomic mass is 9.87. The maximum absolute atomic E-state index is 12.4. The van der Waals surface area contributed by atoms with Gasteiger partial charge in [0.15, 0.2) is 17.4 Å². The fourth-order valence-electron chi connectivity index (χ4n) is 3.28. The molecule has 1 aliphatic heterocycles. The Hall–Kier alpha value is -3.64. The first-order valence-electron chi connectivity index (χ1n) is 8.34. The van der Waals surface area contributed by atoms with Crippen LogP contribution in [0, 0.1) is 11.3 Å². The Morgan fingerprint density at radius 3 is 2.93 bits per heavy atom. The lowest BCUT2D eigenvalue weighted by Gasteiger charge is -2.32. The smallest absolute Gasteiger partial charge is 0.276 e. The van der Waals surface area contributed by atoms with Crippen molar-refractivity contribution in [2.75, 3.05) is 5.32 Å². The molecular formula is C18H15ClN8O. The molecule has 28 heavy (non-hydrogen) atoms. The van der Waals surface area contributed by atoms with Gasteiger partial charge in [0.05, 0.1) is 18.2 Å². The highest BCUT2D eigenvalue weighted by molar-refractivity contribution is 6.15. The van der Waals surface area contributed by atoms with E-state index in [-0.39, 0.29) is 5.69 Å². The Labute approximate surface area is 165 Å². The van der Waals surface area contributed by atoms with Crippen molar-refractivity contribution in [3.63, 3.8) is 0 Å². The molecule has 1 atom stereocenters. The molecule has 0 bridgehead atoms. The Balaban J connectivity index is 1.71. The van der Waals surface area contributed by atoms with Crippen LogP contribution >= 0.6 is 11.8 Å². The number of nitrogens with one attached hydrogen (secondary N) is 1. The predicted octanol–water partition coefficient (Wildman–Crippen LogP) is 1.84. The van der Waals surface area contributed by atoms with Crippen LogP contribution in [0.5, 0.6) is 0 Å². The van der Waals surface area contributed by atoms with E-state index in [1.165, 1.54) is 12.3 Å². The van der Waals surface area contributed by atoms with E-state index < -0.39 is 11.4 Å². The minimum Gasteiger partial charge on any atom is -0.381 e. The van der Waals surface area contributed by atoms with Gasteiger partial charge in [-0.1, -0.05) is 0 Å². The van der Waals surface area contributed by atoms with E-state index in [2.05, 4.69) is 26.5 Å². The summed E-state index contributed by atoms with van der Waals surface area (Å²) < 4.78 is 2.92. The van der Waals surface area contributed by atoms with Crippen LogP contribution in [-0.4, -0.2) is 30.6 Å². The van der Waals surface area contributed by atoms with Crippen LogP contribution in [0.25, 0.3) is 0 Å². The number of hydrogen-bond acceptors (Lipinski definition) is 6. The second kappa shape index (κ2) is 6.51. The van der Waals surface area contributed by atoms with Gasteiger partial charge in [0.1, 0.15) is 5.54 Å². The Bertz CT molecular complexity index is 1150. The lowest BCUT2D eigenvalue weighted by Crippen LogP contribution is -2.37. The minimum absolute atomic E-state index is 0.176. The normalized spacial score (nSPS) is 18.1. The summed E-state index contributed by atoms with van der Waals surface area (Å²) in [6.45, 7) is 2.35. The Morgan fingerprint density at radius 2 is 2.21 bits per heavy atom. The fourth-order valence-corrected chi connectivity index (χ4v) is 3.42. The number of carbonyl (C=O) groups excluding carboxylic acids is 1. The molecule has 3 N–H and O–H groups in total. The third-order valence-electron chi connectivity index (χ3n) is 4.56. The van der Waals surface area contributed by atoms with Crippen molar-refractivity contribution in [2.24, 2.45) is 10.7 Å². The molecule has 0 saturated carbocycles. The SMILES string of the molecule is CC1(c2cc(NC(=O)c3ccn(Cl)n3)ccc2C#N)Cn2ccnc2C(N)=N1. The number of imidazole rings is 1. The molecule has 1 aromatic carbocycles. The molecule has 2 aromatic heterocycles. The van der Waals surface area contributed by atoms with Crippen molar-refractivity contribution < 1.29 is 4.79 Å². The highest BCUT2D eigenvalue weighted by atomic mass is 35.5. The van der Waals surface area contributed by atoms with E-state index in [0.29, 0.717) is 35.0 Å². The monoisotopic (exact) mass is 394 g/mol. The van der Waals surface area contributed by atoms with Gasteiger partial charge in [-0.15, -0.1) is 0 Å². The summed E-state index contributed by atoms with van der Waals surface area (Å²) in [5.41, 5.74) is 7.08. The van der Waals surface area contributed by atoms with E-state index >= 15 is 0 Å². The second-order valence-electron chi connectivity index (χ2n) is 6.57. The highest BCUT2D eigenvalue weighted by Crippen LogP contribution is 2.35. The molecule has 1 unspecified atom stereocenters. The Morgan fingerprint density at radius 1 is 1.39 bits per heavy atom. The number of aromatic nitrogens is 4. The number of fused-ring (bicyclic) bond motifs is 1. The molecule has 0 spiro atoms. The van der Waals surface area contributed by atoms with E-state index in [1.54, 1.807) is 24.4 Å². The summed E-state index contributed by atoms with van der Waals surface area (Å²) in [4.78, 5) is 21.2. The van der Waals surface area contributed by atoms with Gasteiger partial charge >= 0.3 is 0 Å². The minimum atomic E-state index is -0.790. The van der Waals surface area contributed by atoms with Crippen LogP contribution in [0.2, 0.25) is 0 Å².